The summed E-state index contributed by atoms with van der Waals surface area (Å²) in [5.41, 5.74) is 0.990. The van der Waals surface area contributed by atoms with Crippen LogP contribution >= 0.6 is 0 Å². The van der Waals surface area contributed by atoms with Gasteiger partial charge in [0.2, 0.25) is 5.89 Å². The molecule has 0 saturated carbocycles. The molecule has 0 spiro atoms. The van der Waals surface area contributed by atoms with E-state index in [9.17, 15) is 0 Å². The van der Waals surface area contributed by atoms with Crippen molar-refractivity contribution in [2.24, 2.45) is 0 Å². The Hall–Kier alpha value is -2.18. The van der Waals surface area contributed by atoms with E-state index in [-0.39, 0.29) is 0 Å². The van der Waals surface area contributed by atoms with Gasteiger partial charge in [-0.3, -0.25) is 0 Å². The number of nitrogens with zero attached hydrogens (tertiary/aromatic N) is 4. The third-order valence-electron chi connectivity index (χ3n) is 2.84. The molecule has 2 heterocycles. The van der Waals surface area contributed by atoms with Gasteiger partial charge in [-0.2, -0.15) is 4.98 Å². The molecule has 0 aliphatic rings. The van der Waals surface area contributed by atoms with E-state index < -0.39 is 0 Å². The van der Waals surface area contributed by atoms with E-state index >= 15 is 0 Å². The van der Waals surface area contributed by atoms with Gasteiger partial charge in [-0.25, -0.2) is 9.97 Å². The fraction of sp³-hybridized carbons (Fsp3) is 0.538. The number of anilines is 2. The highest BCUT2D eigenvalue weighted by Crippen LogP contribution is 2.20. The van der Waals surface area contributed by atoms with Crippen LogP contribution < -0.4 is 10.6 Å². The Morgan fingerprint density at radius 1 is 0.950 bits per heavy atom. The topological polar surface area (TPSA) is 88.8 Å². The SMILES string of the molecule is CCNc1nc(CC)nc(NCc2noc(C)n2)c1C. The second-order valence-corrected chi connectivity index (χ2v) is 4.43. The Kier molecular flexibility index (Phi) is 4.49. The largest absolute Gasteiger partial charge is 0.370 e. The number of aryl methyl sites for hydroxylation is 2. The highest BCUT2D eigenvalue weighted by molar-refractivity contribution is 5.57. The van der Waals surface area contributed by atoms with E-state index in [1.807, 2.05) is 20.8 Å². The van der Waals surface area contributed by atoms with Gasteiger partial charge in [-0.15, -0.1) is 0 Å². The average molecular weight is 276 g/mol. The molecule has 0 aliphatic heterocycles. The fourth-order valence-electron chi connectivity index (χ4n) is 1.81. The van der Waals surface area contributed by atoms with E-state index in [1.54, 1.807) is 6.92 Å². The Morgan fingerprint density at radius 2 is 1.65 bits per heavy atom. The first kappa shape index (κ1) is 14.2. The number of aromatic nitrogens is 4. The zero-order valence-electron chi connectivity index (χ0n) is 12.3. The molecule has 0 amide bonds. The highest BCUT2D eigenvalue weighted by Gasteiger charge is 2.10. The van der Waals surface area contributed by atoms with Gasteiger partial charge in [0.1, 0.15) is 17.5 Å². The number of hydrogen-bond donors (Lipinski definition) is 2. The van der Waals surface area contributed by atoms with Crippen molar-refractivity contribution in [3.8, 4) is 0 Å². The first-order valence-electron chi connectivity index (χ1n) is 6.78. The quantitative estimate of drug-likeness (QED) is 0.835. The summed E-state index contributed by atoms with van der Waals surface area (Å²) in [7, 11) is 0. The molecule has 0 bridgehead atoms. The average Bonchev–Trinajstić information content (AvgIpc) is 2.85. The van der Waals surface area contributed by atoms with Crippen LogP contribution in [0.1, 0.15) is 37.0 Å². The molecule has 2 aromatic rings. The van der Waals surface area contributed by atoms with E-state index in [0.29, 0.717) is 18.3 Å². The summed E-state index contributed by atoms with van der Waals surface area (Å²) in [4.78, 5) is 13.2. The van der Waals surface area contributed by atoms with Gasteiger partial charge < -0.3 is 15.2 Å². The van der Waals surface area contributed by atoms with Gasteiger partial charge in [0.05, 0.1) is 6.54 Å². The zero-order chi connectivity index (χ0) is 14.5. The van der Waals surface area contributed by atoms with Crippen molar-refractivity contribution in [3.05, 3.63) is 23.1 Å². The molecule has 0 aromatic carbocycles. The van der Waals surface area contributed by atoms with Crippen LogP contribution in [0.25, 0.3) is 0 Å². The summed E-state index contributed by atoms with van der Waals surface area (Å²) in [6.45, 7) is 9.13. The first-order valence-corrected chi connectivity index (χ1v) is 6.78. The fourth-order valence-corrected chi connectivity index (χ4v) is 1.81. The van der Waals surface area contributed by atoms with Crippen LogP contribution in [-0.2, 0) is 13.0 Å². The molecule has 7 nitrogen and oxygen atoms in total. The van der Waals surface area contributed by atoms with Crippen LogP contribution in [0.5, 0.6) is 0 Å². The highest BCUT2D eigenvalue weighted by atomic mass is 16.5. The van der Waals surface area contributed by atoms with Crippen LogP contribution in [0.15, 0.2) is 4.52 Å². The van der Waals surface area contributed by atoms with Crippen LogP contribution in [0.4, 0.5) is 11.6 Å². The Labute approximate surface area is 118 Å². The summed E-state index contributed by atoms with van der Waals surface area (Å²) in [6.07, 6.45) is 0.786. The summed E-state index contributed by atoms with van der Waals surface area (Å²) < 4.78 is 4.94. The summed E-state index contributed by atoms with van der Waals surface area (Å²) in [5, 5.41) is 10.3. The molecule has 0 atom stereocenters. The Morgan fingerprint density at radius 3 is 2.20 bits per heavy atom. The maximum absolute atomic E-state index is 4.94. The standard InChI is InChI=1S/C13H20N6O/c1-5-10-17-12(14-6-2)8(3)13(18-10)15-7-11-16-9(4)20-19-11/h5-7H2,1-4H3,(H2,14,15,17,18). The molecule has 0 fully saturated rings. The van der Waals surface area contributed by atoms with Crippen LogP contribution in [-0.4, -0.2) is 26.7 Å². The van der Waals surface area contributed by atoms with Crippen molar-refractivity contribution in [2.75, 3.05) is 17.2 Å². The van der Waals surface area contributed by atoms with Gasteiger partial charge in [-0.1, -0.05) is 12.1 Å². The summed E-state index contributed by atoms with van der Waals surface area (Å²) in [6, 6.07) is 0. The summed E-state index contributed by atoms with van der Waals surface area (Å²) in [5.74, 6) is 3.65. The molecule has 0 aliphatic carbocycles. The van der Waals surface area contributed by atoms with Gasteiger partial charge >= 0.3 is 0 Å². The van der Waals surface area contributed by atoms with E-state index in [1.165, 1.54) is 0 Å². The van der Waals surface area contributed by atoms with Crippen molar-refractivity contribution in [3.63, 3.8) is 0 Å². The molecule has 2 aromatic heterocycles. The molecule has 0 unspecified atom stereocenters. The molecule has 2 rings (SSSR count). The number of hydrogen-bond acceptors (Lipinski definition) is 7. The monoisotopic (exact) mass is 276 g/mol. The third kappa shape index (κ3) is 3.23. The van der Waals surface area contributed by atoms with Crippen LogP contribution in [0, 0.1) is 13.8 Å². The minimum Gasteiger partial charge on any atom is -0.370 e. The van der Waals surface area contributed by atoms with Gasteiger partial charge in [0.25, 0.3) is 0 Å². The maximum Gasteiger partial charge on any atom is 0.223 e. The molecule has 20 heavy (non-hydrogen) atoms. The Bertz CT molecular complexity index is 580. The van der Waals surface area contributed by atoms with Crippen molar-refractivity contribution < 1.29 is 4.52 Å². The van der Waals surface area contributed by atoms with Crippen molar-refractivity contribution in [2.45, 2.75) is 40.7 Å². The van der Waals surface area contributed by atoms with Crippen LogP contribution in [0.2, 0.25) is 0 Å². The molecular formula is C13H20N6O. The van der Waals surface area contributed by atoms with Gasteiger partial charge in [-0.05, 0) is 13.8 Å². The number of rotatable bonds is 6. The lowest BCUT2D eigenvalue weighted by Crippen LogP contribution is -2.11. The minimum absolute atomic E-state index is 0.476. The molecular weight excluding hydrogens is 256 g/mol. The van der Waals surface area contributed by atoms with E-state index in [0.717, 1.165) is 36.0 Å². The Balaban J connectivity index is 2.19. The van der Waals surface area contributed by atoms with Crippen molar-refractivity contribution >= 4 is 11.6 Å². The van der Waals surface area contributed by atoms with Crippen molar-refractivity contribution in [1.82, 2.24) is 20.1 Å². The molecule has 108 valence electrons. The molecule has 0 saturated heterocycles. The summed E-state index contributed by atoms with van der Waals surface area (Å²) >= 11 is 0. The molecule has 7 heteroatoms. The van der Waals surface area contributed by atoms with E-state index in [2.05, 4.69) is 30.7 Å². The second-order valence-electron chi connectivity index (χ2n) is 4.43. The minimum atomic E-state index is 0.476. The second kappa shape index (κ2) is 6.31. The lowest BCUT2D eigenvalue weighted by atomic mass is 10.3. The predicted octanol–water partition coefficient (Wildman–Crippen LogP) is 2.08. The van der Waals surface area contributed by atoms with E-state index in [4.69, 9.17) is 4.52 Å². The van der Waals surface area contributed by atoms with Crippen LogP contribution in [0.3, 0.4) is 0 Å². The smallest absolute Gasteiger partial charge is 0.223 e. The maximum atomic E-state index is 4.94. The van der Waals surface area contributed by atoms with Crippen molar-refractivity contribution in [1.29, 1.82) is 0 Å². The lowest BCUT2D eigenvalue weighted by Gasteiger charge is -2.13. The molecule has 0 radical (unpaired) electrons. The zero-order valence-corrected chi connectivity index (χ0v) is 12.3. The third-order valence-corrected chi connectivity index (χ3v) is 2.84. The van der Waals surface area contributed by atoms with Gasteiger partial charge in [0, 0.05) is 25.5 Å². The normalized spacial score (nSPS) is 10.6. The first-order chi connectivity index (χ1) is 9.63. The lowest BCUT2D eigenvalue weighted by molar-refractivity contribution is 0.388. The van der Waals surface area contributed by atoms with Gasteiger partial charge in [0.15, 0.2) is 5.82 Å². The predicted molar refractivity (Wildman–Crippen MR) is 76.7 cm³/mol. The molecule has 2 N–H and O–H groups in total. The number of nitrogens with one attached hydrogen (secondary N) is 2.